The summed E-state index contributed by atoms with van der Waals surface area (Å²) in [5.74, 6) is -1.05. The van der Waals surface area contributed by atoms with Crippen molar-refractivity contribution in [3.63, 3.8) is 0 Å². The van der Waals surface area contributed by atoms with E-state index in [2.05, 4.69) is 29.5 Å². The minimum absolute atomic E-state index is 0.0211. The average Bonchev–Trinajstić information content (AvgIpc) is 2.76. The molecule has 1 aromatic rings. The van der Waals surface area contributed by atoms with Crippen molar-refractivity contribution in [1.29, 1.82) is 0 Å². The highest BCUT2D eigenvalue weighted by atomic mass is 16.5. The third-order valence-electron chi connectivity index (χ3n) is 3.23. The van der Waals surface area contributed by atoms with Crippen LogP contribution in [0.3, 0.4) is 0 Å². The molecule has 7 heteroatoms. The zero-order valence-electron chi connectivity index (χ0n) is 11.3. The fourth-order valence-corrected chi connectivity index (χ4v) is 2.29. The van der Waals surface area contributed by atoms with Gasteiger partial charge in [-0.15, -0.1) is 5.10 Å². The Bertz CT molecular complexity index is 444. The van der Waals surface area contributed by atoms with E-state index in [9.17, 15) is 4.79 Å². The van der Waals surface area contributed by atoms with Crippen molar-refractivity contribution in [2.75, 3.05) is 13.2 Å². The molecule has 7 nitrogen and oxygen atoms in total. The van der Waals surface area contributed by atoms with E-state index in [1.165, 1.54) is 6.20 Å². The van der Waals surface area contributed by atoms with Crippen LogP contribution in [0.4, 0.5) is 0 Å². The maximum atomic E-state index is 10.7. The third-order valence-corrected chi connectivity index (χ3v) is 3.23. The number of carboxylic acids is 1. The van der Waals surface area contributed by atoms with E-state index in [-0.39, 0.29) is 11.3 Å². The van der Waals surface area contributed by atoms with Gasteiger partial charge in [-0.05, 0) is 26.7 Å². The van der Waals surface area contributed by atoms with Gasteiger partial charge in [-0.3, -0.25) is 4.68 Å². The van der Waals surface area contributed by atoms with E-state index in [0.717, 1.165) is 26.0 Å². The summed E-state index contributed by atoms with van der Waals surface area (Å²) in [5, 5.41) is 19.5. The van der Waals surface area contributed by atoms with Gasteiger partial charge in [0.1, 0.15) is 0 Å². The lowest BCUT2D eigenvalue weighted by atomic mass is 9.94. The molecule has 1 aromatic heterocycles. The molecule has 0 bridgehead atoms. The van der Waals surface area contributed by atoms with Gasteiger partial charge in [0, 0.05) is 19.2 Å². The summed E-state index contributed by atoms with van der Waals surface area (Å²) in [6.07, 6.45) is 3.42. The van der Waals surface area contributed by atoms with Crippen molar-refractivity contribution >= 4 is 5.97 Å². The molecule has 1 saturated heterocycles. The zero-order chi connectivity index (χ0) is 13.9. The van der Waals surface area contributed by atoms with E-state index in [1.807, 2.05) is 0 Å². The van der Waals surface area contributed by atoms with Crippen molar-refractivity contribution in [3.05, 3.63) is 11.9 Å². The quantitative estimate of drug-likeness (QED) is 0.809. The fourth-order valence-electron chi connectivity index (χ4n) is 2.29. The highest BCUT2D eigenvalue weighted by Crippen LogP contribution is 2.23. The summed E-state index contributed by atoms with van der Waals surface area (Å²) in [6, 6.07) is 0.436. The summed E-state index contributed by atoms with van der Waals surface area (Å²) < 4.78 is 7.20. The monoisotopic (exact) mass is 268 g/mol. The van der Waals surface area contributed by atoms with Crippen LogP contribution < -0.4 is 5.32 Å². The van der Waals surface area contributed by atoms with Gasteiger partial charge < -0.3 is 15.2 Å². The molecule has 2 N–H and O–H groups in total. The third kappa shape index (κ3) is 4.00. The number of nitrogens with one attached hydrogen (secondary N) is 1. The van der Waals surface area contributed by atoms with Crippen molar-refractivity contribution in [2.24, 2.45) is 0 Å². The summed E-state index contributed by atoms with van der Waals surface area (Å²) in [5.41, 5.74) is -0.0909. The molecule has 1 atom stereocenters. The van der Waals surface area contributed by atoms with Gasteiger partial charge in [0.15, 0.2) is 5.69 Å². The van der Waals surface area contributed by atoms with Crippen LogP contribution in [-0.4, -0.2) is 50.9 Å². The highest BCUT2D eigenvalue weighted by molar-refractivity contribution is 5.84. The smallest absolute Gasteiger partial charge is 0.358 e. The fraction of sp³-hybridized carbons (Fsp3) is 0.750. The molecule has 19 heavy (non-hydrogen) atoms. The number of aromatic carboxylic acids is 1. The molecule has 0 aromatic carbocycles. The van der Waals surface area contributed by atoms with Crippen molar-refractivity contribution < 1.29 is 14.6 Å². The first-order valence-corrected chi connectivity index (χ1v) is 6.47. The Kier molecular flexibility index (Phi) is 4.16. The molecule has 2 rings (SSSR count). The minimum atomic E-state index is -1.05. The van der Waals surface area contributed by atoms with Crippen LogP contribution in [0.5, 0.6) is 0 Å². The normalized spacial score (nSPS) is 22.3. The number of carbonyl (C=O) groups is 1. The molecule has 0 aliphatic carbocycles. The summed E-state index contributed by atoms with van der Waals surface area (Å²) in [7, 11) is 0. The standard InChI is InChI=1S/C12H20N4O3/c1-12(2)7-9(3-6-19-12)13-4-5-16-8-10(11(17)18)14-15-16/h8-9,13H,3-7H2,1-2H3,(H,17,18). The second-order valence-electron chi connectivity index (χ2n) is 5.42. The number of nitrogens with zero attached hydrogens (tertiary/aromatic N) is 3. The topological polar surface area (TPSA) is 89.3 Å². The maximum absolute atomic E-state index is 10.7. The predicted octanol–water partition coefficient (Wildman–Crippen LogP) is 0.523. The van der Waals surface area contributed by atoms with Crippen molar-refractivity contribution in [3.8, 4) is 0 Å². The lowest BCUT2D eigenvalue weighted by Crippen LogP contribution is -2.44. The van der Waals surface area contributed by atoms with E-state index in [1.54, 1.807) is 4.68 Å². The number of carboxylic acid groups (broad SMARTS) is 1. The van der Waals surface area contributed by atoms with E-state index < -0.39 is 5.97 Å². The number of hydrogen-bond donors (Lipinski definition) is 2. The molecule has 1 fully saturated rings. The average molecular weight is 268 g/mol. The molecule has 1 aliphatic heterocycles. The van der Waals surface area contributed by atoms with Crippen LogP contribution in [0.25, 0.3) is 0 Å². The number of hydrogen-bond acceptors (Lipinski definition) is 5. The van der Waals surface area contributed by atoms with Crippen LogP contribution in [0.1, 0.15) is 37.2 Å². The number of aromatic nitrogens is 3. The highest BCUT2D eigenvalue weighted by Gasteiger charge is 2.28. The Labute approximate surface area is 111 Å². The molecule has 0 saturated carbocycles. The second kappa shape index (κ2) is 5.66. The Morgan fingerprint density at radius 3 is 3.11 bits per heavy atom. The molecule has 0 amide bonds. The molecule has 0 radical (unpaired) electrons. The van der Waals surface area contributed by atoms with E-state index in [0.29, 0.717) is 12.6 Å². The molecule has 0 spiro atoms. The molecular weight excluding hydrogens is 248 g/mol. The Hall–Kier alpha value is -1.47. The number of ether oxygens (including phenoxy) is 1. The summed E-state index contributed by atoms with van der Waals surface area (Å²) >= 11 is 0. The van der Waals surface area contributed by atoms with E-state index >= 15 is 0 Å². The van der Waals surface area contributed by atoms with Gasteiger partial charge in [0.25, 0.3) is 0 Å². The maximum Gasteiger partial charge on any atom is 0.358 e. The predicted molar refractivity (Wildman–Crippen MR) is 68.0 cm³/mol. The van der Waals surface area contributed by atoms with Crippen LogP contribution >= 0.6 is 0 Å². The van der Waals surface area contributed by atoms with Crippen LogP contribution in [0, 0.1) is 0 Å². The Balaban J connectivity index is 1.75. The van der Waals surface area contributed by atoms with Gasteiger partial charge in [-0.1, -0.05) is 5.21 Å². The summed E-state index contributed by atoms with van der Waals surface area (Å²) in [4.78, 5) is 10.7. The lowest BCUT2D eigenvalue weighted by Gasteiger charge is -2.35. The zero-order valence-corrected chi connectivity index (χ0v) is 11.3. The van der Waals surface area contributed by atoms with Gasteiger partial charge >= 0.3 is 5.97 Å². The molecule has 1 aliphatic rings. The largest absolute Gasteiger partial charge is 0.476 e. The second-order valence-corrected chi connectivity index (χ2v) is 5.42. The van der Waals surface area contributed by atoms with Gasteiger partial charge in [0.05, 0.1) is 18.3 Å². The van der Waals surface area contributed by atoms with Crippen molar-refractivity contribution in [2.45, 2.75) is 44.9 Å². The Morgan fingerprint density at radius 1 is 1.68 bits per heavy atom. The van der Waals surface area contributed by atoms with Crippen molar-refractivity contribution in [1.82, 2.24) is 20.3 Å². The first-order chi connectivity index (χ1) is 8.96. The molecule has 106 valence electrons. The first-order valence-electron chi connectivity index (χ1n) is 6.47. The molecule has 1 unspecified atom stereocenters. The van der Waals surface area contributed by atoms with Crippen LogP contribution in [0.2, 0.25) is 0 Å². The van der Waals surface area contributed by atoms with Gasteiger partial charge in [-0.2, -0.15) is 0 Å². The van der Waals surface area contributed by atoms with Gasteiger partial charge in [-0.25, -0.2) is 4.79 Å². The van der Waals surface area contributed by atoms with Gasteiger partial charge in [0.2, 0.25) is 0 Å². The summed E-state index contributed by atoms with van der Waals surface area (Å²) in [6.45, 7) is 6.31. The lowest BCUT2D eigenvalue weighted by molar-refractivity contribution is -0.0628. The number of rotatable bonds is 5. The van der Waals surface area contributed by atoms with Crippen LogP contribution in [-0.2, 0) is 11.3 Å². The molecule has 2 heterocycles. The minimum Gasteiger partial charge on any atom is -0.476 e. The van der Waals surface area contributed by atoms with Crippen LogP contribution in [0.15, 0.2) is 6.20 Å². The molecular formula is C12H20N4O3. The Morgan fingerprint density at radius 2 is 2.47 bits per heavy atom. The van der Waals surface area contributed by atoms with E-state index in [4.69, 9.17) is 9.84 Å². The SMILES string of the molecule is CC1(C)CC(NCCn2cc(C(=O)O)nn2)CCO1. The first kappa shape index (κ1) is 14.0.